The topological polar surface area (TPSA) is 71.0 Å². The number of allylic oxidation sites excluding steroid dienone is 1. The average molecular weight is 578 g/mol. The molecule has 37 heavy (non-hydrogen) atoms. The molecule has 1 aliphatic rings. The Balaban J connectivity index is 2.15. The van der Waals surface area contributed by atoms with E-state index in [-0.39, 0.29) is 0 Å². The normalized spacial score (nSPS) is 15.1. The van der Waals surface area contributed by atoms with Crippen LogP contribution in [0.2, 0.25) is 0 Å². The first kappa shape index (κ1) is 28.7. The van der Waals surface area contributed by atoms with Crippen LogP contribution in [0.4, 0.5) is 0 Å². The number of ether oxygens (including phenoxy) is 5. The molecule has 202 valence electrons. The van der Waals surface area contributed by atoms with E-state index in [1.807, 2.05) is 18.2 Å². The number of fused-ring (bicyclic) bond motifs is 1. The van der Waals surface area contributed by atoms with Gasteiger partial charge in [0.25, 0.3) is 0 Å². The summed E-state index contributed by atoms with van der Waals surface area (Å²) < 4.78 is 28.9. The summed E-state index contributed by atoms with van der Waals surface area (Å²) in [6.07, 6.45) is 3.57. The number of halogens is 1. The van der Waals surface area contributed by atoms with Crippen LogP contribution in [0, 0.1) is 0 Å². The number of likely N-dealkylation sites (N-methyl/N-ethyl adjacent to an activating group) is 1. The van der Waals surface area contributed by atoms with E-state index >= 15 is 0 Å². The molecule has 0 N–H and O–H groups in total. The van der Waals surface area contributed by atoms with Crippen molar-refractivity contribution in [2.45, 2.75) is 26.7 Å². The molecular weight excluding hydrogens is 540 g/mol. The Morgan fingerprint density at radius 3 is 2.11 bits per heavy atom. The maximum atomic E-state index is 5.89. The maximum Gasteiger partial charge on any atom is 0.204 e. The summed E-state index contributed by atoms with van der Waals surface area (Å²) in [6.45, 7) is 7.48. The molecule has 9 heteroatoms. The second-order valence-corrected chi connectivity index (χ2v) is 9.13. The molecule has 2 aromatic carbocycles. The number of rotatable bonds is 12. The molecule has 0 saturated heterocycles. The van der Waals surface area contributed by atoms with Crippen molar-refractivity contribution in [3.05, 3.63) is 44.9 Å². The van der Waals surface area contributed by atoms with Crippen LogP contribution < -0.4 is 23.7 Å². The largest absolute Gasteiger partial charge is 0.496 e. The van der Waals surface area contributed by atoms with Crippen molar-refractivity contribution >= 4 is 27.7 Å². The van der Waals surface area contributed by atoms with E-state index in [4.69, 9.17) is 28.5 Å². The summed E-state index contributed by atoms with van der Waals surface area (Å²) in [5.41, 5.74) is 4.51. The third-order valence-electron chi connectivity index (χ3n) is 6.53. The minimum Gasteiger partial charge on any atom is -0.496 e. The molecule has 0 heterocycles. The van der Waals surface area contributed by atoms with Gasteiger partial charge in [-0.25, -0.2) is 0 Å². The highest BCUT2D eigenvalue weighted by Gasteiger charge is 2.28. The van der Waals surface area contributed by atoms with Crippen LogP contribution in [-0.2, 0) is 11.3 Å². The molecule has 1 aliphatic carbocycles. The van der Waals surface area contributed by atoms with Crippen LogP contribution >= 0.6 is 15.9 Å². The summed E-state index contributed by atoms with van der Waals surface area (Å²) in [5.74, 6) is 3.17. The maximum absolute atomic E-state index is 5.89. The van der Waals surface area contributed by atoms with Crippen LogP contribution in [0.15, 0.2) is 33.4 Å². The van der Waals surface area contributed by atoms with E-state index in [1.165, 1.54) is 0 Å². The lowest BCUT2D eigenvalue weighted by molar-refractivity contribution is 0.114. The summed E-state index contributed by atoms with van der Waals surface area (Å²) in [4.78, 5) is 8.18. The monoisotopic (exact) mass is 576 g/mol. The molecule has 8 nitrogen and oxygen atoms in total. The Hall–Kier alpha value is -2.91. The summed E-state index contributed by atoms with van der Waals surface area (Å²) in [7, 11) is 8.13. The Kier molecular flexibility index (Phi) is 10.5. The second kappa shape index (κ2) is 13.6. The zero-order valence-corrected chi connectivity index (χ0v) is 24.4. The van der Waals surface area contributed by atoms with Crippen molar-refractivity contribution in [2.24, 2.45) is 5.16 Å². The van der Waals surface area contributed by atoms with Gasteiger partial charge in [-0.15, -0.1) is 0 Å². The minimum atomic E-state index is 0.480. The molecule has 0 aliphatic heterocycles. The highest BCUT2D eigenvalue weighted by atomic mass is 79.9. The van der Waals surface area contributed by atoms with Gasteiger partial charge in [0.05, 0.1) is 45.6 Å². The molecule has 0 fully saturated rings. The van der Waals surface area contributed by atoms with Gasteiger partial charge in [0.1, 0.15) is 23.8 Å². The number of methoxy groups -OCH3 is 5. The Morgan fingerprint density at radius 2 is 1.51 bits per heavy atom. The molecule has 0 spiro atoms. The first-order valence-electron chi connectivity index (χ1n) is 12.3. The minimum absolute atomic E-state index is 0.480. The van der Waals surface area contributed by atoms with Crippen LogP contribution in [0.5, 0.6) is 28.7 Å². The van der Waals surface area contributed by atoms with Crippen molar-refractivity contribution in [3.8, 4) is 28.7 Å². The van der Waals surface area contributed by atoms with Gasteiger partial charge in [0, 0.05) is 12.1 Å². The third-order valence-corrected chi connectivity index (χ3v) is 7.35. The highest BCUT2D eigenvalue weighted by molar-refractivity contribution is 9.10. The molecule has 0 radical (unpaired) electrons. The molecular formula is C28H37BrN2O6. The van der Waals surface area contributed by atoms with Crippen molar-refractivity contribution in [1.82, 2.24) is 4.90 Å². The molecule has 3 rings (SSSR count). The predicted octanol–water partition coefficient (Wildman–Crippen LogP) is 5.58. The van der Waals surface area contributed by atoms with E-state index in [9.17, 15) is 0 Å². The van der Waals surface area contributed by atoms with Crippen molar-refractivity contribution in [1.29, 1.82) is 0 Å². The summed E-state index contributed by atoms with van der Waals surface area (Å²) >= 11 is 3.70. The predicted molar refractivity (Wildman–Crippen MR) is 150 cm³/mol. The third kappa shape index (κ3) is 6.15. The Bertz CT molecular complexity index is 1140. The smallest absolute Gasteiger partial charge is 0.204 e. The van der Waals surface area contributed by atoms with Crippen molar-refractivity contribution < 1.29 is 28.5 Å². The van der Waals surface area contributed by atoms with E-state index < -0.39 is 0 Å². The van der Waals surface area contributed by atoms with Gasteiger partial charge in [0.15, 0.2) is 11.5 Å². The average Bonchev–Trinajstić information content (AvgIpc) is 2.93. The van der Waals surface area contributed by atoms with Gasteiger partial charge in [-0.1, -0.05) is 19.0 Å². The van der Waals surface area contributed by atoms with Crippen molar-refractivity contribution in [3.63, 3.8) is 0 Å². The Morgan fingerprint density at radius 1 is 0.865 bits per heavy atom. The fourth-order valence-electron chi connectivity index (χ4n) is 4.51. The van der Waals surface area contributed by atoms with E-state index in [2.05, 4.69) is 45.9 Å². The molecule has 2 aromatic rings. The molecule has 0 unspecified atom stereocenters. The Labute approximate surface area is 228 Å². The molecule has 0 amide bonds. The zero-order valence-electron chi connectivity index (χ0n) is 22.8. The standard InChI is InChI=1S/C28H37BrN2O6/c1-8-31(9-2)14-15-37-30-26-18(10-11-20-21(32-3)12-13-22(33-4)24(20)26)16-19-17-23(34-5)27(35-6)28(36-7)25(19)29/h12-13,16-17H,8-11,14-15H2,1-7H3/b18-16+,30-26+. The van der Waals surface area contributed by atoms with Crippen molar-refractivity contribution in [2.75, 3.05) is 61.8 Å². The quantitative estimate of drug-likeness (QED) is 0.241. The fraction of sp³-hybridized carbons (Fsp3) is 0.464. The van der Waals surface area contributed by atoms with E-state index in [0.29, 0.717) is 23.9 Å². The SMILES string of the molecule is CCN(CC)CCO/N=C1\C(=C\c2cc(OC)c(OC)c(OC)c2Br)CCc2c(OC)ccc(OC)c21. The molecule has 0 aromatic heterocycles. The molecule has 0 atom stereocenters. The van der Waals surface area contributed by atoms with Gasteiger partial charge in [-0.05, 0) is 77.3 Å². The number of nitrogens with zero attached hydrogens (tertiary/aromatic N) is 2. The number of hydrogen-bond donors (Lipinski definition) is 0. The number of hydrogen-bond acceptors (Lipinski definition) is 8. The van der Waals surface area contributed by atoms with Gasteiger partial charge >= 0.3 is 0 Å². The lowest BCUT2D eigenvalue weighted by atomic mass is 9.84. The van der Waals surface area contributed by atoms with E-state index in [1.54, 1.807) is 35.5 Å². The number of oxime groups is 1. The first-order valence-corrected chi connectivity index (χ1v) is 13.1. The van der Waals surface area contributed by atoms with Crippen LogP contribution in [0.3, 0.4) is 0 Å². The van der Waals surface area contributed by atoms with Crippen LogP contribution in [0.1, 0.15) is 37.0 Å². The van der Waals surface area contributed by atoms with E-state index in [0.717, 1.165) is 76.4 Å². The van der Waals surface area contributed by atoms with Crippen LogP contribution in [0.25, 0.3) is 6.08 Å². The van der Waals surface area contributed by atoms with Gasteiger partial charge in [0.2, 0.25) is 5.75 Å². The second-order valence-electron chi connectivity index (χ2n) is 8.34. The van der Waals surface area contributed by atoms with Gasteiger partial charge < -0.3 is 33.4 Å². The van der Waals surface area contributed by atoms with Crippen LogP contribution in [-0.4, -0.2) is 72.4 Å². The lowest BCUT2D eigenvalue weighted by Crippen LogP contribution is -2.26. The zero-order chi connectivity index (χ0) is 26.9. The lowest BCUT2D eigenvalue weighted by Gasteiger charge is -2.25. The highest BCUT2D eigenvalue weighted by Crippen LogP contribution is 2.46. The molecule has 0 saturated carbocycles. The summed E-state index contributed by atoms with van der Waals surface area (Å²) in [6, 6.07) is 5.75. The molecule has 0 bridgehead atoms. The number of benzene rings is 2. The first-order chi connectivity index (χ1) is 18.0. The summed E-state index contributed by atoms with van der Waals surface area (Å²) in [5, 5.41) is 4.66. The van der Waals surface area contributed by atoms with Gasteiger partial charge in [-0.3, -0.25) is 0 Å². The van der Waals surface area contributed by atoms with Gasteiger partial charge in [-0.2, -0.15) is 0 Å². The fourth-order valence-corrected chi connectivity index (χ4v) is 5.08.